The molecule has 7 rings (SSSR count). The van der Waals surface area contributed by atoms with Crippen molar-refractivity contribution in [1.82, 2.24) is 19.5 Å². The normalized spacial score (nSPS) is 11.4. The average molecular weight is 682 g/mol. The highest BCUT2D eigenvalue weighted by Gasteiger charge is 2.17. The van der Waals surface area contributed by atoms with E-state index in [0.29, 0.717) is 0 Å². The van der Waals surface area contributed by atoms with Crippen molar-refractivity contribution in [3.8, 4) is 51.0 Å². The molecule has 0 aliphatic heterocycles. The third-order valence-electron chi connectivity index (χ3n) is 7.66. The molecule has 0 unspecified atom stereocenters. The van der Waals surface area contributed by atoms with Gasteiger partial charge in [0, 0.05) is 15.4 Å². The van der Waals surface area contributed by atoms with Gasteiger partial charge in [0.1, 0.15) is 5.82 Å². The van der Waals surface area contributed by atoms with Gasteiger partial charge in [0.15, 0.2) is 0 Å². The smallest absolute Gasteiger partial charge is 0.138 e. The number of halogens is 1. The average Bonchev–Trinajstić information content (AvgIpc) is 3.42. The molecule has 0 bridgehead atoms. The Morgan fingerprint density at radius 3 is 1.86 bits per heavy atom. The predicted molar refractivity (Wildman–Crippen MR) is 189 cm³/mol. The van der Waals surface area contributed by atoms with Crippen molar-refractivity contribution in [3.05, 3.63) is 151 Å². The first-order valence-electron chi connectivity index (χ1n) is 14.4. The molecule has 0 radical (unpaired) electrons. The van der Waals surface area contributed by atoms with Crippen molar-refractivity contribution < 1.29 is 0 Å². The van der Waals surface area contributed by atoms with E-state index in [1.54, 1.807) is 6.20 Å². The molecule has 3 aromatic carbocycles. The van der Waals surface area contributed by atoms with E-state index in [1.165, 1.54) is 16.5 Å². The highest BCUT2D eigenvalue weighted by molar-refractivity contribution is 14.1. The monoisotopic (exact) mass is 681 g/mol. The summed E-state index contributed by atoms with van der Waals surface area (Å²) < 4.78 is 3.03. The second kappa shape index (κ2) is 12.3. The fraction of sp³-hybridized carbons (Fsp3) is 0.0263. The number of fused-ring (bicyclic) bond motifs is 1. The number of benzene rings is 3. The lowest BCUT2D eigenvalue weighted by atomic mass is 10.0. The van der Waals surface area contributed by atoms with Crippen LogP contribution in [0.3, 0.4) is 0 Å². The minimum absolute atomic E-state index is 0.782. The molecule has 0 atom stereocenters. The molecule has 7 aromatic rings. The summed E-state index contributed by atoms with van der Waals surface area (Å²) in [6, 6.07) is 45.4. The molecule has 44 heavy (non-hydrogen) atoms. The van der Waals surface area contributed by atoms with E-state index in [1.807, 2.05) is 66.7 Å². The summed E-state index contributed by atoms with van der Waals surface area (Å²) in [5.41, 5.74) is 16.7. The minimum atomic E-state index is 0.782. The van der Waals surface area contributed by atoms with Gasteiger partial charge in [-0.2, -0.15) is 0 Å². The van der Waals surface area contributed by atoms with Gasteiger partial charge >= 0.3 is 0 Å². The molecule has 212 valence electrons. The van der Waals surface area contributed by atoms with Crippen LogP contribution in [0.4, 0.5) is 0 Å². The summed E-state index contributed by atoms with van der Waals surface area (Å²) in [5.74, 6) is 0.813. The van der Waals surface area contributed by atoms with E-state index in [4.69, 9.17) is 20.7 Å². The first-order valence-corrected chi connectivity index (χ1v) is 15.9. The number of para-hydroxylation sites is 1. The molecular formula is C38H28IN5. The van der Waals surface area contributed by atoms with E-state index in [2.05, 4.69) is 100.0 Å². The largest absolute Gasteiger partial charge is 0.405 e. The molecule has 0 fully saturated rings. The highest BCUT2D eigenvalue weighted by Crippen LogP contribution is 2.33. The maximum atomic E-state index is 5.89. The lowest BCUT2D eigenvalue weighted by Crippen LogP contribution is -2.02. The van der Waals surface area contributed by atoms with E-state index in [0.717, 1.165) is 61.1 Å². The fourth-order valence-corrected chi connectivity index (χ4v) is 6.42. The highest BCUT2D eigenvalue weighted by atomic mass is 127. The number of pyridine rings is 3. The molecule has 5 nitrogen and oxygen atoms in total. The molecule has 4 heterocycles. The van der Waals surface area contributed by atoms with E-state index >= 15 is 0 Å². The summed E-state index contributed by atoms with van der Waals surface area (Å²) in [6.45, 7) is 0. The summed E-state index contributed by atoms with van der Waals surface area (Å²) in [6.07, 6.45) is 3.55. The Hall–Kier alpha value is -5.08. The van der Waals surface area contributed by atoms with Gasteiger partial charge in [0.25, 0.3) is 0 Å². The van der Waals surface area contributed by atoms with E-state index < -0.39 is 0 Å². The zero-order valence-corrected chi connectivity index (χ0v) is 26.0. The van der Waals surface area contributed by atoms with Crippen LogP contribution >= 0.6 is 22.6 Å². The lowest BCUT2D eigenvalue weighted by Gasteiger charge is -2.11. The van der Waals surface area contributed by atoms with Gasteiger partial charge in [-0.15, -0.1) is 0 Å². The van der Waals surface area contributed by atoms with E-state index in [9.17, 15) is 0 Å². The van der Waals surface area contributed by atoms with Crippen molar-refractivity contribution in [2.75, 3.05) is 0 Å². The number of hydrogen-bond donors (Lipinski definition) is 1. The number of alkyl halides is 1. The SMILES string of the molecule is N/C=C\c1c(CI)c2ccccc2n1-c1cccc(-c2cccc(-c3cccc(-c4cccc(-c5ccccc5)c4)n3)n2)n1. The molecule has 0 spiro atoms. The van der Waals surface area contributed by atoms with Crippen molar-refractivity contribution in [2.24, 2.45) is 5.73 Å². The van der Waals surface area contributed by atoms with Crippen LogP contribution in [0.1, 0.15) is 11.3 Å². The van der Waals surface area contributed by atoms with Crippen LogP contribution in [0.15, 0.2) is 140 Å². The van der Waals surface area contributed by atoms with Gasteiger partial charge in [-0.05, 0) is 77.5 Å². The second-order valence-electron chi connectivity index (χ2n) is 10.4. The molecule has 4 aromatic heterocycles. The Kier molecular flexibility index (Phi) is 7.73. The Morgan fingerprint density at radius 2 is 1.14 bits per heavy atom. The topological polar surface area (TPSA) is 69.6 Å². The number of nitrogens with zero attached hydrogens (tertiary/aromatic N) is 4. The zero-order valence-electron chi connectivity index (χ0n) is 23.8. The zero-order chi connectivity index (χ0) is 29.9. The predicted octanol–water partition coefficient (Wildman–Crippen LogP) is 9.35. The number of rotatable bonds is 7. The summed E-state index contributed by atoms with van der Waals surface area (Å²) >= 11 is 2.41. The van der Waals surface area contributed by atoms with Crippen LogP contribution < -0.4 is 5.73 Å². The van der Waals surface area contributed by atoms with Gasteiger partial charge in [0.05, 0.1) is 39.7 Å². The molecule has 0 saturated carbocycles. The molecule has 2 N–H and O–H groups in total. The number of aromatic nitrogens is 4. The summed E-state index contributed by atoms with van der Waals surface area (Å²) in [5, 5.41) is 1.20. The van der Waals surface area contributed by atoms with Crippen molar-refractivity contribution in [1.29, 1.82) is 0 Å². The molecule has 0 amide bonds. The van der Waals surface area contributed by atoms with Gasteiger partial charge in [-0.1, -0.05) is 108 Å². The third kappa shape index (κ3) is 5.29. The van der Waals surface area contributed by atoms with Crippen molar-refractivity contribution in [2.45, 2.75) is 4.43 Å². The van der Waals surface area contributed by atoms with Crippen LogP contribution in [0.2, 0.25) is 0 Å². The molecule has 0 aliphatic carbocycles. The maximum Gasteiger partial charge on any atom is 0.138 e. The van der Waals surface area contributed by atoms with Gasteiger partial charge < -0.3 is 5.73 Å². The van der Waals surface area contributed by atoms with Crippen LogP contribution in [0.25, 0.3) is 68.0 Å². The fourth-order valence-electron chi connectivity index (χ4n) is 5.62. The van der Waals surface area contributed by atoms with Crippen LogP contribution in [-0.4, -0.2) is 19.5 Å². The first kappa shape index (κ1) is 27.7. The number of hydrogen-bond acceptors (Lipinski definition) is 4. The molecule has 0 aliphatic rings. The molecular weight excluding hydrogens is 653 g/mol. The van der Waals surface area contributed by atoms with Crippen LogP contribution in [0.5, 0.6) is 0 Å². The maximum absolute atomic E-state index is 5.89. The minimum Gasteiger partial charge on any atom is -0.405 e. The third-order valence-corrected chi connectivity index (χ3v) is 8.42. The quantitative estimate of drug-likeness (QED) is 0.135. The molecule has 6 heteroatoms. The van der Waals surface area contributed by atoms with E-state index in [-0.39, 0.29) is 0 Å². The summed E-state index contributed by atoms with van der Waals surface area (Å²) in [4.78, 5) is 15.1. The lowest BCUT2D eigenvalue weighted by molar-refractivity contribution is 1.02. The Morgan fingerprint density at radius 1 is 0.568 bits per heavy atom. The standard InChI is InChI=1S/C38H28IN5/c39-25-30-29-14-4-5-20-36(29)44(37(30)22-23-40)38-21-9-19-35(43-38)34-18-8-17-33(42-34)32-16-7-15-31(41-32)28-13-6-12-27(24-28)26-10-2-1-3-11-26/h1-24H,25,40H2/b23-22-. The second-order valence-corrected chi connectivity index (χ2v) is 11.1. The van der Waals surface area contributed by atoms with Crippen molar-refractivity contribution >= 4 is 39.6 Å². The Labute approximate surface area is 269 Å². The van der Waals surface area contributed by atoms with Gasteiger partial charge in [0.2, 0.25) is 0 Å². The van der Waals surface area contributed by atoms with Gasteiger partial charge in [-0.25, -0.2) is 15.0 Å². The molecule has 0 saturated heterocycles. The number of nitrogens with two attached hydrogens (primary N) is 1. The van der Waals surface area contributed by atoms with Crippen molar-refractivity contribution in [3.63, 3.8) is 0 Å². The van der Waals surface area contributed by atoms with Crippen LogP contribution in [-0.2, 0) is 4.43 Å². The Balaban J connectivity index is 1.26. The van der Waals surface area contributed by atoms with Crippen LogP contribution in [0, 0.1) is 0 Å². The first-order chi connectivity index (χ1) is 21.7. The van der Waals surface area contributed by atoms with Gasteiger partial charge in [-0.3, -0.25) is 4.57 Å². The summed E-state index contributed by atoms with van der Waals surface area (Å²) in [7, 11) is 0. The Bertz CT molecular complexity index is 2130.